The van der Waals surface area contributed by atoms with E-state index < -0.39 is 0 Å². The second-order valence-electron chi connectivity index (χ2n) is 8.22. The smallest absolute Gasteiger partial charge is 0.278 e. The molecule has 0 saturated carbocycles. The van der Waals surface area contributed by atoms with Crippen molar-refractivity contribution in [1.82, 2.24) is 4.90 Å². The van der Waals surface area contributed by atoms with Crippen molar-refractivity contribution in [1.29, 1.82) is 0 Å². The monoisotopic (exact) mass is 449 g/mol. The van der Waals surface area contributed by atoms with Gasteiger partial charge in [-0.25, -0.2) is 0 Å². The van der Waals surface area contributed by atoms with Gasteiger partial charge in [0.25, 0.3) is 11.8 Å². The minimum Gasteiger partial charge on any atom is -0.382 e. The van der Waals surface area contributed by atoms with E-state index in [2.05, 4.69) is 24.5 Å². The molecule has 7 heteroatoms. The predicted octanol–water partition coefficient (Wildman–Crippen LogP) is 4.39. The lowest BCUT2D eigenvalue weighted by Gasteiger charge is -2.15. The summed E-state index contributed by atoms with van der Waals surface area (Å²) >= 11 is 0. The molecule has 1 aliphatic rings. The number of ether oxygens (including phenoxy) is 1. The first-order valence-corrected chi connectivity index (χ1v) is 11.2. The lowest BCUT2D eigenvalue weighted by atomic mass is 10.0. The second kappa shape index (κ2) is 10.9. The minimum absolute atomic E-state index is 0.179. The van der Waals surface area contributed by atoms with Gasteiger partial charge in [0.15, 0.2) is 0 Å². The molecular weight excluding hydrogens is 418 g/mol. The molecule has 2 aromatic rings. The van der Waals surface area contributed by atoms with Crippen LogP contribution in [0.3, 0.4) is 0 Å². The van der Waals surface area contributed by atoms with Crippen LogP contribution in [0.4, 0.5) is 11.4 Å². The topological polar surface area (TPSA) is 87.7 Å². The molecule has 0 bridgehead atoms. The van der Waals surface area contributed by atoms with Crippen LogP contribution in [0.1, 0.15) is 51.2 Å². The van der Waals surface area contributed by atoms with Crippen molar-refractivity contribution in [2.45, 2.75) is 40.0 Å². The van der Waals surface area contributed by atoms with Crippen LogP contribution in [0, 0.1) is 0 Å². The fourth-order valence-electron chi connectivity index (χ4n) is 3.65. The molecule has 2 N–H and O–H groups in total. The lowest BCUT2D eigenvalue weighted by molar-refractivity contribution is -0.137. The summed E-state index contributed by atoms with van der Waals surface area (Å²) in [5.41, 5.74) is 3.72. The van der Waals surface area contributed by atoms with Crippen LogP contribution in [0.2, 0.25) is 0 Å². The van der Waals surface area contributed by atoms with Crippen molar-refractivity contribution in [3.8, 4) is 0 Å². The van der Waals surface area contributed by atoms with E-state index in [-0.39, 0.29) is 30.0 Å². The van der Waals surface area contributed by atoms with Crippen molar-refractivity contribution in [2.24, 2.45) is 0 Å². The molecule has 0 spiro atoms. The Balaban J connectivity index is 1.92. The van der Waals surface area contributed by atoms with Gasteiger partial charge in [0, 0.05) is 38.1 Å². The molecule has 33 heavy (non-hydrogen) atoms. The maximum Gasteiger partial charge on any atom is 0.278 e. The maximum absolute atomic E-state index is 13.3. The molecule has 0 unspecified atom stereocenters. The summed E-state index contributed by atoms with van der Waals surface area (Å²) in [5.74, 6) is -0.483. The van der Waals surface area contributed by atoms with Gasteiger partial charge in [0.2, 0.25) is 5.91 Å². The maximum atomic E-state index is 13.3. The highest BCUT2D eigenvalue weighted by Crippen LogP contribution is 2.31. The Labute approximate surface area is 194 Å². The zero-order valence-corrected chi connectivity index (χ0v) is 19.6. The van der Waals surface area contributed by atoms with E-state index in [1.54, 1.807) is 24.3 Å². The number of anilines is 2. The average molecular weight is 450 g/mol. The normalized spacial score (nSPS) is 13.8. The average Bonchev–Trinajstić information content (AvgIpc) is 3.01. The fraction of sp³-hybridized carbons (Fsp3) is 0.346. The number of amides is 3. The Hall–Kier alpha value is -3.45. The summed E-state index contributed by atoms with van der Waals surface area (Å²) in [5, 5.41) is 5.89. The van der Waals surface area contributed by atoms with Gasteiger partial charge in [-0.15, -0.1) is 0 Å². The molecule has 2 aromatic carbocycles. The summed E-state index contributed by atoms with van der Waals surface area (Å²) in [6.45, 7) is 8.92. The van der Waals surface area contributed by atoms with E-state index in [1.807, 2.05) is 31.2 Å². The van der Waals surface area contributed by atoms with Gasteiger partial charge in [-0.1, -0.05) is 38.1 Å². The zero-order valence-electron chi connectivity index (χ0n) is 19.6. The van der Waals surface area contributed by atoms with E-state index in [1.165, 1.54) is 17.4 Å². The van der Waals surface area contributed by atoms with Gasteiger partial charge < -0.3 is 15.4 Å². The zero-order chi connectivity index (χ0) is 24.0. The van der Waals surface area contributed by atoms with E-state index in [0.717, 1.165) is 5.69 Å². The van der Waals surface area contributed by atoms with Gasteiger partial charge in [-0.2, -0.15) is 0 Å². The molecule has 0 radical (unpaired) electrons. The molecule has 0 atom stereocenters. The Kier molecular flexibility index (Phi) is 8.01. The number of hydrogen-bond acceptors (Lipinski definition) is 5. The van der Waals surface area contributed by atoms with Crippen LogP contribution in [-0.2, 0) is 19.1 Å². The first kappa shape index (κ1) is 24.2. The highest BCUT2D eigenvalue weighted by atomic mass is 16.5. The van der Waals surface area contributed by atoms with Crippen LogP contribution >= 0.6 is 0 Å². The van der Waals surface area contributed by atoms with E-state index >= 15 is 0 Å². The Morgan fingerprint density at radius 2 is 1.61 bits per heavy atom. The van der Waals surface area contributed by atoms with Crippen LogP contribution in [0.25, 0.3) is 5.57 Å². The van der Waals surface area contributed by atoms with Crippen molar-refractivity contribution < 1.29 is 19.1 Å². The molecule has 1 heterocycles. The third kappa shape index (κ3) is 5.87. The molecule has 3 amide bonds. The SMILES string of the molecule is CCOCCCN1C(=O)C(Nc2ccc(C(C)C)cc2)=C(c2ccc(NC(C)=O)cc2)C1=O. The van der Waals surface area contributed by atoms with Gasteiger partial charge in [0.05, 0.1) is 5.57 Å². The standard InChI is InChI=1S/C26H31N3O4/c1-5-33-16-6-15-29-25(31)23(20-9-13-21(14-10-20)27-18(4)30)24(26(29)32)28-22-11-7-19(8-12-22)17(2)3/h7-14,17,28H,5-6,15-16H2,1-4H3,(H,27,30). The molecule has 3 rings (SSSR count). The lowest BCUT2D eigenvalue weighted by Crippen LogP contribution is -2.34. The van der Waals surface area contributed by atoms with Crippen molar-refractivity contribution in [3.63, 3.8) is 0 Å². The Morgan fingerprint density at radius 1 is 0.970 bits per heavy atom. The first-order chi connectivity index (χ1) is 15.8. The largest absolute Gasteiger partial charge is 0.382 e. The van der Waals surface area contributed by atoms with Gasteiger partial charge >= 0.3 is 0 Å². The summed E-state index contributed by atoms with van der Waals surface area (Å²) in [6.07, 6.45) is 0.566. The van der Waals surface area contributed by atoms with E-state index in [0.29, 0.717) is 42.4 Å². The van der Waals surface area contributed by atoms with Crippen molar-refractivity contribution in [2.75, 3.05) is 30.4 Å². The molecule has 0 saturated heterocycles. The van der Waals surface area contributed by atoms with E-state index in [4.69, 9.17) is 4.74 Å². The predicted molar refractivity (Wildman–Crippen MR) is 130 cm³/mol. The summed E-state index contributed by atoms with van der Waals surface area (Å²) in [4.78, 5) is 39.1. The van der Waals surface area contributed by atoms with Crippen LogP contribution in [0.5, 0.6) is 0 Å². The molecule has 0 fully saturated rings. The third-order valence-electron chi connectivity index (χ3n) is 5.38. The Bertz CT molecular complexity index is 1040. The third-order valence-corrected chi connectivity index (χ3v) is 5.38. The fourth-order valence-corrected chi connectivity index (χ4v) is 3.65. The number of nitrogens with zero attached hydrogens (tertiary/aromatic N) is 1. The summed E-state index contributed by atoms with van der Waals surface area (Å²) in [6, 6.07) is 14.7. The molecule has 7 nitrogen and oxygen atoms in total. The van der Waals surface area contributed by atoms with Gasteiger partial charge in [-0.3, -0.25) is 19.3 Å². The number of rotatable bonds is 10. The summed E-state index contributed by atoms with van der Waals surface area (Å²) in [7, 11) is 0. The number of imide groups is 1. The number of carbonyl (C=O) groups excluding carboxylic acids is 3. The van der Waals surface area contributed by atoms with Gasteiger partial charge in [-0.05, 0) is 54.7 Å². The second-order valence-corrected chi connectivity index (χ2v) is 8.22. The Morgan fingerprint density at radius 3 is 2.18 bits per heavy atom. The molecule has 1 aliphatic heterocycles. The molecule has 0 aromatic heterocycles. The highest BCUT2D eigenvalue weighted by molar-refractivity contribution is 6.36. The van der Waals surface area contributed by atoms with Crippen LogP contribution < -0.4 is 10.6 Å². The first-order valence-electron chi connectivity index (χ1n) is 11.2. The highest BCUT2D eigenvalue weighted by Gasteiger charge is 2.38. The number of nitrogens with one attached hydrogen (secondary N) is 2. The molecule has 0 aliphatic carbocycles. The van der Waals surface area contributed by atoms with Crippen LogP contribution in [0.15, 0.2) is 54.2 Å². The van der Waals surface area contributed by atoms with Gasteiger partial charge in [0.1, 0.15) is 5.70 Å². The quantitative estimate of drug-likeness (QED) is 0.415. The summed E-state index contributed by atoms with van der Waals surface area (Å²) < 4.78 is 5.36. The molecular formula is C26H31N3O4. The molecule has 174 valence electrons. The number of hydrogen-bond donors (Lipinski definition) is 2. The number of carbonyl (C=O) groups is 3. The van der Waals surface area contributed by atoms with E-state index in [9.17, 15) is 14.4 Å². The van der Waals surface area contributed by atoms with Crippen molar-refractivity contribution >= 4 is 34.7 Å². The number of benzene rings is 2. The minimum atomic E-state index is -0.356. The van der Waals surface area contributed by atoms with Crippen molar-refractivity contribution in [3.05, 3.63) is 65.4 Å². The van der Waals surface area contributed by atoms with Crippen LogP contribution in [-0.4, -0.2) is 42.4 Å².